The second-order valence-electron chi connectivity index (χ2n) is 4.16. The first-order valence-corrected chi connectivity index (χ1v) is 5.07. The molecule has 0 radical (unpaired) electrons. The van der Waals surface area contributed by atoms with E-state index in [1.54, 1.807) is 4.68 Å². The first kappa shape index (κ1) is 10.2. The zero-order valence-corrected chi connectivity index (χ0v) is 9.24. The van der Waals surface area contributed by atoms with E-state index in [0.29, 0.717) is 0 Å². The summed E-state index contributed by atoms with van der Waals surface area (Å²) in [6.45, 7) is 3.82. The molecule has 0 bridgehead atoms. The fourth-order valence-electron chi connectivity index (χ4n) is 1.69. The van der Waals surface area contributed by atoms with Gasteiger partial charge < -0.3 is 11.1 Å². The lowest BCUT2D eigenvalue weighted by Crippen LogP contribution is -2.19. The van der Waals surface area contributed by atoms with Gasteiger partial charge in [-0.3, -0.25) is 9.48 Å². The van der Waals surface area contributed by atoms with Gasteiger partial charge in [0.15, 0.2) is 0 Å². The summed E-state index contributed by atoms with van der Waals surface area (Å²) in [5.74, 6) is 0.00528. The van der Waals surface area contributed by atoms with E-state index in [9.17, 15) is 4.79 Å². The topological polar surface area (TPSA) is 72.9 Å². The summed E-state index contributed by atoms with van der Waals surface area (Å²) in [4.78, 5) is 11.7. The van der Waals surface area contributed by atoms with E-state index in [2.05, 4.69) is 10.4 Å². The number of carbonyl (C=O) groups excluding carboxylic acids is 1. The van der Waals surface area contributed by atoms with Crippen LogP contribution in [0.5, 0.6) is 0 Å². The molecule has 1 saturated carbocycles. The van der Waals surface area contributed by atoms with Crippen LogP contribution in [0.1, 0.15) is 17.8 Å². The number of hydrogen-bond acceptors (Lipinski definition) is 3. The standard InChI is InChI=1S/C10H16N4O/c1-5-9(6(2)14(3)13-5)12-10(15)7-4-8(7)11/h7-8H,4,11H2,1-3H3,(H,12,15). The number of hydrogen-bond donors (Lipinski definition) is 2. The molecule has 0 aliphatic heterocycles. The highest BCUT2D eigenvalue weighted by Crippen LogP contribution is 2.30. The van der Waals surface area contributed by atoms with Gasteiger partial charge in [-0.25, -0.2) is 0 Å². The Hall–Kier alpha value is -1.36. The molecule has 0 saturated heterocycles. The molecule has 2 rings (SSSR count). The van der Waals surface area contributed by atoms with Crippen molar-refractivity contribution in [3.63, 3.8) is 0 Å². The molecule has 0 aromatic carbocycles. The van der Waals surface area contributed by atoms with Gasteiger partial charge in [0.25, 0.3) is 0 Å². The lowest BCUT2D eigenvalue weighted by molar-refractivity contribution is -0.117. The zero-order chi connectivity index (χ0) is 11.2. The summed E-state index contributed by atoms with van der Waals surface area (Å²) >= 11 is 0. The van der Waals surface area contributed by atoms with E-state index in [-0.39, 0.29) is 17.9 Å². The Balaban J connectivity index is 2.13. The highest BCUT2D eigenvalue weighted by Gasteiger charge is 2.40. The van der Waals surface area contributed by atoms with Crippen molar-refractivity contribution in [1.29, 1.82) is 0 Å². The smallest absolute Gasteiger partial charge is 0.229 e. The Morgan fingerprint density at radius 3 is 2.60 bits per heavy atom. The van der Waals surface area contributed by atoms with Crippen molar-refractivity contribution in [3.8, 4) is 0 Å². The van der Waals surface area contributed by atoms with Crippen molar-refractivity contribution in [2.75, 3.05) is 5.32 Å². The number of aryl methyl sites for hydroxylation is 2. The van der Waals surface area contributed by atoms with E-state index in [1.165, 1.54) is 0 Å². The third-order valence-corrected chi connectivity index (χ3v) is 2.93. The van der Waals surface area contributed by atoms with Crippen LogP contribution in [0.15, 0.2) is 0 Å². The predicted molar refractivity (Wildman–Crippen MR) is 57.4 cm³/mol. The van der Waals surface area contributed by atoms with E-state index < -0.39 is 0 Å². The third kappa shape index (κ3) is 1.74. The monoisotopic (exact) mass is 208 g/mol. The second-order valence-corrected chi connectivity index (χ2v) is 4.16. The van der Waals surface area contributed by atoms with Crippen LogP contribution in [0, 0.1) is 19.8 Å². The van der Waals surface area contributed by atoms with Crippen LogP contribution >= 0.6 is 0 Å². The number of anilines is 1. The average molecular weight is 208 g/mol. The van der Waals surface area contributed by atoms with E-state index in [0.717, 1.165) is 23.5 Å². The lowest BCUT2D eigenvalue weighted by atomic mass is 10.3. The Bertz CT molecular complexity index is 410. The van der Waals surface area contributed by atoms with Crippen molar-refractivity contribution < 1.29 is 4.79 Å². The number of rotatable bonds is 2. The van der Waals surface area contributed by atoms with Crippen LogP contribution in [-0.4, -0.2) is 21.7 Å². The number of carbonyl (C=O) groups is 1. The molecular formula is C10H16N4O. The van der Waals surface area contributed by atoms with Gasteiger partial charge in [-0.05, 0) is 20.3 Å². The van der Waals surface area contributed by atoms with Crippen LogP contribution in [0.25, 0.3) is 0 Å². The number of nitrogens with one attached hydrogen (secondary N) is 1. The van der Waals surface area contributed by atoms with Gasteiger partial charge >= 0.3 is 0 Å². The maximum absolute atomic E-state index is 11.7. The molecule has 1 fully saturated rings. The fraction of sp³-hybridized carbons (Fsp3) is 0.600. The van der Waals surface area contributed by atoms with Crippen molar-refractivity contribution in [2.24, 2.45) is 18.7 Å². The molecular weight excluding hydrogens is 192 g/mol. The molecule has 1 aromatic heterocycles. The minimum absolute atomic E-state index is 0.0102. The molecule has 0 spiro atoms. The van der Waals surface area contributed by atoms with Gasteiger partial charge in [0.2, 0.25) is 5.91 Å². The SMILES string of the molecule is Cc1nn(C)c(C)c1NC(=O)C1CC1N. The van der Waals surface area contributed by atoms with Crippen molar-refractivity contribution in [3.05, 3.63) is 11.4 Å². The van der Waals surface area contributed by atoms with Crippen LogP contribution < -0.4 is 11.1 Å². The molecule has 1 aliphatic rings. The van der Waals surface area contributed by atoms with E-state index >= 15 is 0 Å². The summed E-state index contributed by atoms with van der Waals surface area (Å²) < 4.78 is 1.76. The summed E-state index contributed by atoms with van der Waals surface area (Å²) in [6.07, 6.45) is 0.796. The van der Waals surface area contributed by atoms with Crippen molar-refractivity contribution >= 4 is 11.6 Å². The Labute approximate surface area is 88.6 Å². The molecule has 5 heteroatoms. The van der Waals surface area contributed by atoms with Gasteiger partial charge in [0.1, 0.15) is 0 Å². The summed E-state index contributed by atoms with van der Waals surface area (Å²) in [6, 6.07) is 0.0438. The first-order chi connectivity index (χ1) is 7.00. The molecule has 5 nitrogen and oxygen atoms in total. The van der Waals surface area contributed by atoms with E-state index in [1.807, 2.05) is 20.9 Å². The van der Waals surface area contributed by atoms with Gasteiger partial charge in [-0.2, -0.15) is 5.10 Å². The zero-order valence-electron chi connectivity index (χ0n) is 9.24. The number of nitrogens with zero attached hydrogens (tertiary/aromatic N) is 2. The van der Waals surface area contributed by atoms with E-state index in [4.69, 9.17) is 5.73 Å². The van der Waals surface area contributed by atoms with Gasteiger partial charge in [0.05, 0.1) is 23.0 Å². The minimum atomic E-state index is -0.0102. The molecule has 1 amide bonds. The second kappa shape index (κ2) is 3.34. The summed E-state index contributed by atoms with van der Waals surface area (Å²) in [5, 5.41) is 7.12. The Morgan fingerprint density at radius 1 is 1.60 bits per heavy atom. The van der Waals surface area contributed by atoms with Crippen LogP contribution in [-0.2, 0) is 11.8 Å². The van der Waals surface area contributed by atoms with Crippen LogP contribution in [0.3, 0.4) is 0 Å². The molecule has 15 heavy (non-hydrogen) atoms. The third-order valence-electron chi connectivity index (χ3n) is 2.93. The highest BCUT2D eigenvalue weighted by molar-refractivity contribution is 5.95. The predicted octanol–water partition coefficient (Wildman–Crippen LogP) is 0.323. The Kier molecular flexibility index (Phi) is 2.26. The largest absolute Gasteiger partial charge is 0.327 e. The normalized spacial score (nSPS) is 24.0. The highest BCUT2D eigenvalue weighted by atomic mass is 16.2. The minimum Gasteiger partial charge on any atom is -0.327 e. The number of aromatic nitrogens is 2. The molecule has 82 valence electrons. The molecule has 2 atom stereocenters. The molecule has 1 aliphatic carbocycles. The van der Waals surface area contributed by atoms with Gasteiger partial charge in [0, 0.05) is 13.1 Å². The van der Waals surface area contributed by atoms with Crippen LogP contribution in [0.4, 0.5) is 5.69 Å². The maximum atomic E-state index is 11.7. The lowest BCUT2D eigenvalue weighted by Gasteiger charge is -2.04. The van der Waals surface area contributed by atoms with Gasteiger partial charge in [-0.15, -0.1) is 0 Å². The maximum Gasteiger partial charge on any atom is 0.229 e. The fourth-order valence-corrected chi connectivity index (χ4v) is 1.69. The number of nitrogens with two attached hydrogens (primary N) is 1. The first-order valence-electron chi connectivity index (χ1n) is 5.07. The summed E-state index contributed by atoms with van der Waals surface area (Å²) in [7, 11) is 1.86. The number of amides is 1. The van der Waals surface area contributed by atoms with Gasteiger partial charge in [-0.1, -0.05) is 0 Å². The van der Waals surface area contributed by atoms with Crippen molar-refractivity contribution in [1.82, 2.24) is 9.78 Å². The quantitative estimate of drug-likeness (QED) is 0.735. The van der Waals surface area contributed by atoms with Crippen molar-refractivity contribution in [2.45, 2.75) is 26.3 Å². The average Bonchev–Trinajstić information content (AvgIpc) is 2.84. The van der Waals surface area contributed by atoms with Crippen LogP contribution in [0.2, 0.25) is 0 Å². The molecule has 2 unspecified atom stereocenters. The molecule has 1 aromatic rings. The molecule has 3 N–H and O–H groups in total. The summed E-state index contributed by atoms with van der Waals surface area (Å²) in [5.41, 5.74) is 8.25. The molecule has 1 heterocycles. The Morgan fingerprint density at radius 2 is 2.20 bits per heavy atom.